The predicted molar refractivity (Wildman–Crippen MR) is 48.3 cm³/mol. The second kappa shape index (κ2) is 2.48. The molecule has 0 fully saturated rings. The molecule has 2 heteroatoms. The van der Waals surface area contributed by atoms with Crippen LogP contribution >= 0.6 is 0 Å². The van der Waals surface area contributed by atoms with Gasteiger partial charge in [0.05, 0.1) is 5.52 Å². The zero-order valence-corrected chi connectivity index (χ0v) is 6.47. The van der Waals surface area contributed by atoms with Gasteiger partial charge in [-0.3, -0.25) is 0 Å². The Hall–Kier alpha value is -1.57. The summed E-state index contributed by atoms with van der Waals surface area (Å²) in [6, 6.07) is 4.80. The quantitative estimate of drug-likeness (QED) is 0.661. The van der Waals surface area contributed by atoms with Gasteiger partial charge in [0.2, 0.25) is 0 Å². The molecule has 1 heterocycles. The van der Waals surface area contributed by atoms with E-state index in [4.69, 9.17) is 0 Å². The van der Waals surface area contributed by atoms with Gasteiger partial charge in [0, 0.05) is 17.1 Å². The van der Waals surface area contributed by atoms with Crippen molar-refractivity contribution in [3.8, 4) is 0 Å². The Bertz CT molecular complexity index is 428. The molecule has 0 aliphatic rings. The number of rotatable bonds is 1. The number of halogens is 1. The number of hydrogen-bond donors (Lipinski definition) is 1. The molecule has 0 saturated heterocycles. The first kappa shape index (κ1) is 7.10. The monoisotopic (exact) mass is 161 g/mol. The van der Waals surface area contributed by atoms with E-state index in [1.54, 1.807) is 12.3 Å². The van der Waals surface area contributed by atoms with Gasteiger partial charge in [-0.05, 0) is 18.2 Å². The lowest BCUT2D eigenvalue weighted by Crippen LogP contribution is -1.79. The van der Waals surface area contributed by atoms with Crippen molar-refractivity contribution in [2.75, 3.05) is 0 Å². The van der Waals surface area contributed by atoms with Crippen LogP contribution in [0.25, 0.3) is 17.0 Å². The van der Waals surface area contributed by atoms with Crippen LogP contribution in [-0.4, -0.2) is 4.98 Å². The van der Waals surface area contributed by atoms with Crippen LogP contribution in [0.2, 0.25) is 0 Å². The number of benzene rings is 1. The Morgan fingerprint density at radius 1 is 1.42 bits per heavy atom. The highest BCUT2D eigenvalue weighted by molar-refractivity contribution is 5.87. The lowest BCUT2D eigenvalue weighted by Gasteiger charge is -1.96. The minimum absolute atomic E-state index is 0.225. The maximum absolute atomic E-state index is 12.9. The molecule has 0 radical (unpaired) electrons. The SMILES string of the molecule is C=Cc1cc(F)cc2cc[nH]c12. The van der Waals surface area contributed by atoms with Crippen LogP contribution in [0.5, 0.6) is 0 Å². The molecule has 0 amide bonds. The molecule has 0 unspecified atom stereocenters. The molecular weight excluding hydrogens is 153 g/mol. The lowest BCUT2D eigenvalue weighted by atomic mass is 10.1. The minimum Gasteiger partial charge on any atom is -0.361 e. The van der Waals surface area contributed by atoms with Crippen molar-refractivity contribution in [2.24, 2.45) is 0 Å². The fraction of sp³-hybridized carbons (Fsp3) is 0. The summed E-state index contributed by atoms with van der Waals surface area (Å²) in [5.74, 6) is -0.225. The second-order valence-electron chi connectivity index (χ2n) is 2.64. The van der Waals surface area contributed by atoms with Crippen molar-refractivity contribution in [2.45, 2.75) is 0 Å². The molecular formula is C10H8FN. The number of aromatic nitrogens is 1. The number of nitrogens with one attached hydrogen (secondary N) is 1. The average molecular weight is 161 g/mol. The van der Waals surface area contributed by atoms with Crippen LogP contribution in [0.15, 0.2) is 31.0 Å². The molecule has 2 rings (SSSR count). The zero-order chi connectivity index (χ0) is 8.55. The van der Waals surface area contributed by atoms with Crippen molar-refractivity contribution >= 4 is 17.0 Å². The van der Waals surface area contributed by atoms with E-state index < -0.39 is 0 Å². The summed E-state index contributed by atoms with van der Waals surface area (Å²) in [6.07, 6.45) is 3.43. The van der Waals surface area contributed by atoms with Crippen molar-refractivity contribution in [1.29, 1.82) is 0 Å². The van der Waals surface area contributed by atoms with E-state index in [9.17, 15) is 4.39 Å². The molecule has 1 nitrogen and oxygen atoms in total. The molecule has 1 aromatic carbocycles. The predicted octanol–water partition coefficient (Wildman–Crippen LogP) is 2.95. The van der Waals surface area contributed by atoms with E-state index >= 15 is 0 Å². The summed E-state index contributed by atoms with van der Waals surface area (Å²) in [4.78, 5) is 3.03. The van der Waals surface area contributed by atoms with Crippen LogP contribution in [0.3, 0.4) is 0 Å². The third kappa shape index (κ3) is 0.925. The summed E-state index contributed by atoms with van der Waals surface area (Å²) in [5.41, 5.74) is 1.74. The summed E-state index contributed by atoms with van der Waals surface area (Å²) in [6.45, 7) is 3.62. The molecule has 0 spiro atoms. The van der Waals surface area contributed by atoms with Gasteiger partial charge in [-0.1, -0.05) is 12.7 Å². The van der Waals surface area contributed by atoms with Gasteiger partial charge in [-0.25, -0.2) is 4.39 Å². The van der Waals surface area contributed by atoms with Crippen molar-refractivity contribution in [1.82, 2.24) is 4.98 Å². The van der Waals surface area contributed by atoms with Crippen molar-refractivity contribution < 1.29 is 4.39 Å². The third-order valence-electron chi connectivity index (χ3n) is 1.87. The highest BCUT2D eigenvalue weighted by atomic mass is 19.1. The molecule has 0 atom stereocenters. The lowest BCUT2D eigenvalue weighted by molar-refractivity contribution is 0.629. The molecule has 2 aromatic rings. The Morgan fingerprint density at radius 2 is 2.25 bits per heavy atom. The molecule has 12 heavy (non-hydrogen) atoms. The normalized spacial score (nSPS) is 10.4. The van der Waals surface area contributed by atoms with Gasteiger partial charge in [-0.2, -0.15) is 0 Å². The Labute approximate surface area is 69.5 Å². The summed E-state index contributed by atoms with van der Waals surface area (Å²) in [7, 11) is 0. The largest absolute Gasteiger partial charge is 0.361 e. The molecule has 60 valence electrons. The maximum atomic E-state index is 12.9. The Balaban J connectivity index is 2.88. The van der Waals surface area contributed by atoms with E-state index in [1.165, 1.54) is 12.1 Å². The fourth-order valence-electron chi connectivity index (χ4n) is 1.32. The van der Waals surface area contributed by atoms with E-state index in [1.807, 2.05) is 6.07 Å². The van der Waals surface area contributed by atoms with Gasteiger partial charge in [-0.15, -0.1) is 0 Å². The number of aromatic amines is 1. The molecule has 0 saturated carbocycles. The molecule has 1 aromatic heterocycles. The van der Waals surface area contributed by atoms with E-state index in [0.717, 1.165) is 16.5 Å². The first-order chi connectivity index (χ1) is 5.81. The van der Waals surface area contributed by atoms with Crippen LogP contribution in [-0.2, 0) is 0 Å². The fourth-order valence-corrected chi connectivity index (χ4v) is 1.32. The number of fused-ring (bicyclic) bond motifs is 1. The molecule has 0 aliphatic carbocycles. The third-order valence-corrected chi connectivity index (χ3v) is 1.87. The molecule has 0 aliphatic heterocycles. The topological polar surface area (TPSA) is 15.8 Å². The zero-order valence-electron chi connectivity index (χ0n) is 6.47. The van der Waals surface area contributed by atoms with Crippen molar-refractivity contribution in [3.63, 3.8) is 0 Å². The van der Waals surface area contributed by atoms with Gasteiger partial charge in [0.25, 0.3) is 0 Å². The number of hydrogen-bond acceptors (Lipinski definition) is 0. The van der Waals surface area contributed by atoms with Crippen LogP contribution in [0, 0.1) is 5.82 Å². The smallest absolute Gasteiger partial charge is 0.124 e. The molecule has 0 bridgehead atoms. The summed E-state index contributed by atoms with van der Waals surface area (Å²) >= 11 is 0. The summed E-state index contributed by atoms with van der Waals surface area (Å²) in [5, 5.41) is 0.880. The number of H-pyrrole nitrogens is 1. The second-order valence-corrected chi connectivity index (χ2v) is 2.64. The van der Waals surface area contributed by atoms with Gasteiger partial charge in [0.1, 0.15) is 5.82 Å². The average Bonchev–Trinajstić information content (AvgIpc) is 2.50. The first-order valence-corrected chi connectivity index (χ1v) is 3.70. The van der Waals surface area contributed by atoms with Crippen LogP contribution < -0.4 is 0 Å². The standard InChI is InChI=1S/C10H8FN/c1-2-7-5-9(11)6-8-3-4-12-10(7)8/h2-6,12H,1H2. The van der Waals surface area contributed by atoms with Gasteiger partial charge < -0.3 is 4.98 Å². The summed E-state index contributed by atoms with van der Waals surface area (Å²) < 4.78 is 12.9. The van der Waals surface area contributed by atoms with E-state index in [2.05, 4.69) is 11.6 Å². The van der Waals surface area contributed by atoms with E-state index in [-0.39, 0.29) is 5.82 Å². The van der Waals surface area contributed by atoms with Crippen LogP contribution in [0.4, 0.5) is 4.39 Å². The Morgan fingerprint density at radius 3 is 3.00 bits per heavy atom. The maximum Gasteiger partial charge on any atom is 0.124 e. The highest BCUT2D eigenvalue weighted by Crippen LogP contribution is 2.19. The minimum atomic E-state index is -0.225. The van der Waals surface area contributed by atoms with E-state index in [0.29, 0.717) is 0 Å². The first-order valence-electron chi connectivity index (χ1n) is 3.70. The van der Waals surface area contributed by atoms with Crippen LogP contribution in [0.1, 0.15) is 5.56 Å². The van der Waals surface area contributed by atoms with Gasteiger partial charge in [0.15, 0.2) is 0 Å². The van der Waals surface area contributed by atoms with Gasteiger partial charge >= 0.3 is 0 Å². The van der Waals surface area contributed by atoms with Crippen molar-refractivity contribution in [3.05, 3.63) is 42.4 Å². The highest BCUT2D eigenvalue weighted by Gasteiger charge is 2.01. The Kier molecular flexibility index (Phi) is 1.47. The molecule has 1 N–H and O–H groups in total.